The van der Waals surface area contributed by atoms with Crippen LogP contribution >= 0.6 is 11.6 Å². The first kappa shape index (κ1) is 33.7. The van der Waals surface area contributed by atoms with Crippen molar-refractivity contribution in [3.8, 4) is 22.8 Å². The van der Waals surface area contributed by atoms with E-state index in [0.29, 0.717) is 29.3 Å². The summed E-state index contributed by atoms with van der Waals surface area (Å²) in [5.41, 5.74) is 4.27. The van der Waals surface area contributed by atoms with Crippen LogP contribution in [0, 0.1) is 11.6 Å². The summed E-state index contributed by atoms with van der Waals surface area (Å²) in [6, 6.07) is 14.7. The summed E-state index contributed by atoms with van der Waals surface area (Å²) < 4.78 is 56.1. The molecule has 0 aliphatic heterocycles. The van der Waals surface area contributed by atoms with Crippen molar-refractivity contribution in [3.63, 3.8) is 0 Å². The first-order chi connectivity index (χ1) is 23.4. The number of hydrogen-bond acceptors (Lipinski definition) is 7. The van der Waals surface area contributed by atoms with E-state index >= 15 is 0 Å². The second-order valence-corrected chi connectivity index (χ2v) is 12.0. The zero-order valence-electron chi connectivity index (χ0n) is 26.4. The molecule has 49 heavy (non-hydrogen) atoms. The van der Waals surface area contributed by atoms with Crippen molar-refractivity contribution < 1.29 is 37.3 Å². The van der Waals surface area contributed by atoms with Gasteiger partial charge in [-0.15, -0.1) is 0 Å². The molecule has 5 aromatic rings. The minimum Gasteiger partial charge on any atom is -0.494 e. The van der Waals surface area contributed by atoms with Crippen molar-refractivity contribution >= 4 is 34.3 Å². The number of pyridine rings is 1. The van der Waals surface area contributed by atoms with Crippen LogP contribution in [0.15, 0.2) is 66.9 Å². The van der Waals surface area contributed by atoms with Crippen LogP contribution in [0.25, 0.3) is 22.2 Å². The number of carbonyl (C=O) groups is 2. The van der Waals surface area contributed by atoms with Gasteiger partial charge in [-0.25, -0.2) is 22.8 Å². The molecule has 2 amide bonds. The molecular formula is C35H31ClF3N5O5. The predicted octanol–water partition coefficient (Wildman–Crippen LogP) is 5.55. The number of nitrogens with two attached hydrogens (primary N) is 1. The highest BCUT2D eigenvalue weighted by atomic mass is 35.5. The lowest BCUT2D eigenvalue weighted by Gasteiger charge is -2.30. The highest BCUT2D eigenvalue weighted by Gasteiger charge is 2.46. The fourth-order valence-corrected chi connectivity index (χ4v) is 5.85. The predicted molar refractivity (Wildman–Crippen MR) is 175 cm³/mol. The van der Waals surface area contributed by atoms with Gasteiger partial charge in [0, 0.05) is 41.1 Å². The molecule has 0 spiro atoms. The molecule has 0 saturated heterocycles. The van der Waals surface area contributed by atoms with Crippen molar-refractivity contribution in [1.82, 2.24) is 20.1 Å². The number of nitrogens with one attached hydrogen (secondary N) is 1. The minimum absolute atomic E-state index is 0.0274. The van der Waals surface area contributed by atoms with Gasteiger partial charge in [0.1, 0.15) is 28.3 Å². The number of rotatable bonds is 12. The number of primary amides is 1. The Bertz CT molecular complexity index is 2090. The third kappa shape index (κ3) is 6.39. The van der Waals surface area contributed by atoms with Crippen LogP contribution in [0.5, 0.6) is 11.5 Å². The smallest absolute Gasteiger partial charge is 0.251 e. The standard InChI is InChI=1S/C35H31ClF3N5O5/c1-3-49-32-19(16-27(40)45)15-26(42-31(32)23-9-10-24(37)29(38)28(23)36)35(47,22-7-5-4-6-8-22)18-41-33(46)20-13-21-17-44(34(39)11-12-34)43-30(21)25(14-20)48-2/h4-10,13-15,17,47H,3,11-12,16,18H2,1-2H3,(H2,40,45)(H,41,46)/t35-/m1/s1. The van der Waals surface area contributed by atoms with Gasteiger partial charge in [-0.1, -0.05) is 41.9 Å². The van der Waals surface area contributed by atoms with E-state index in [2.05, 4.69) is 15.4 Å². The number of amides is 2. The summed E-state index contributed by atoms with van der Waals surface area (Å²) >= 11 is 6.25. The Labute approximate surface area is 283 Å². The summed E-state index contributed by atoms with van der Waals surface area (Å²) in [6.07, 6.45) is 1.81. The van der Waals surface area contributed by atoms with Gasteiger partial charge in [0.2, 0.25) is 11.7 Å². The molecule has 1 atom stereocenters. The van der Waals surface area contributed by atoms with E-state index in [0.717, 1.165) is 6.07 Å². The first-order valence-corrected chi connectivity index (χ1v) is 15.7. The number of benzene rings is 3. The molecule has 1 fully saturated rings. The van der Waals surface area contributed by atoms with Crippen LogP contribution in [-0.4, -0.2) is 51.9 Å². The Morgan fingerprint density at radius 3 is 2.53 bits per heavy atom. The van der Waals surface area contributed by atoms with Crippen molar-refractivity contribution in [2.45, 2.75) is 37.6 Å². The first-order valence-electron chi connectivity index (χ1n) is 15.3. The average Bonchev–Trinajstić information content (AvgIpc) is 3.69. The van der Waals surface area contributed by atoms with Gasteiger partial charge in [-0.2, -0.15) is 5.10 Å². The number of methoxy groups -OCH3 is 1. The largest absolute Gasteiger partial charge is 0.494 e. The Balaban J connectivity index is 1.45. The summed E-state index contributed by atoms with van der Waals surface area (Å²) in [7, 11) is 1.41. The van der Waals surface area contributed by atoms with Gasteiger partial charge in [-0.05, 0) is 42.8 Å². The number of carbonyl (C=O) groups excluding carboxylic acids is 2. The number of hydrogen-bond donors (Lipinski definition) is 3. The fourth-order valence-electron chi connectivity index (χ4n) is 5.61. The van der Waals surface area contributed by atoms with Gasteiger partial charge >= 0.3 is 0 Å². The van der Waals surface area contributed by atoms with Crippen molar-refractivity contribution in [2.24, 2.45) is 5.73 Å². The second-order valence-electron chi connectivity index (χ2n) is 11.7. The van der Waals surface area contributed by atoms with Gasteiger partial charge in [0.05, 0.1) is 37.4 Å². The molecule has 1 saturated carbocycles. The van der Waals surface area contributed by atoms with Crippen LogP contribution in [-0.2, 0) is 22.6 Å². The molecule has 1 aliphatic rings. The molecule has 3 aromatic carbocycles. The van der Waals surface area contributed by atoms with E-state index in [-0.39, 0.29) is 52.6 Å². The van der Waals surface area contributed by atoms with Crippen LogP contribution in [0.4, 0.5) is 13.2 Å². The maximum atomic E-state index is 14.8. The number of ether oxygens (including phenoxy) is 2. The second kappa shape index (κ2) is 13.1. The lowest BCUT2D eigenvalue weighted by molar-refractivity contribution is -0.117. The quantitative estimate of drug-likeness (QED) is 0.146. The van der Waals surface area contributed by atoms with Crippen molar-refractivity contribution in [3.05, 3.63) is 106 Å². The number of aromatic nitrogens is 3. The molecule has 254 valence electrons. The third-order valence-electron chi connectivity index (χ3n) is 8.30. The van der Waals surface area contributed by atoms with E-state index in [1.807, 2.05) is 0 Å². The number of halogens is 4. The molecule has 14 heteroatoms. The zero-order valence-corrected chi connectivity index (χ0v) is 27.2. The molecule has 0 radical (unpaired) electrons. The lowest BCUT2D eigenvalue weighted by Crippen LogP contribution is -2.42. The van der Waals surface area contributed by atoms with E-state index < -0.39 is 46.4 Å². The number of aliphatic hydroxyl groups is 1. The Kier molecular flexibility index (Phi) is 8.99. The molecule has 10 nitrogen and oxygen atoms in total. The summed E-state index contributed by atoms with van der Waals surface area (Å²) in [5.74, 6) is -5.17. The molecule has 0 unspecified atom stereocenters. The Morgan fingerprint density at radius 2 is 1.88 bits per heavy atom. The minimum atomic E-state index is -2.07. The molecule has 2 aromatic heterocycles. The topological polar surface area (TPSA) is 142 Å². The zero-order chi connectivity index (χ0) is 35.1. The maximum absolute atomic E-state index is 14.8. The Morgan fingerprint density at radius 1 is 1.14 bits per heavy atom. The average molecular weight is 694 g/mol. The van der Waals surface area contributed by atoms with Crippen LogP contribution in [0.2, 0.25) is 5.02 Å². The van der Waals surface area contributed by atoms with E-state index in [4.69, 9.17) is 26.8 Å². The van der Waals surface area contributed by atoms with Gasteiger partial charge in [0.25, 0.3) is 5.91 Å². The van der Waals surface area contributed by atoms with Crippen molar-refractivity contribution in [2.75, 3.05) is 20.3 Å². The number of alkyl halides is 1. The summed E-state index contributed by atoms with van der Waals surface area (Å²) in [4.78, 5) is 30.5. The van der Waals surface area contributed by atoms with Crippen LogP contribution in [0.1, 0.15) is 46.9 Å². The summed E-state index contributed by atoms with van der Waals surface area (Å²) in [5, 5.41) is 19.4. The van der Waals surface area contributed by atoms with E-state index in [1.54, 1.807) is 37.3 Å². The molecule has 1 aliphatic carbocycles. The van der Waals surface area contributed by atoms with Crippen LogP contribution in [0.3, 0.4) is 0 Å². The van der Waals surface area contributed by atoms with Crippen molar-refractivity contribution in [1.29, 1.82) is 0 Å². The third-order valence-corrected chi connectivity index (χ3v) is 8.67. The molecule has 0 bridgehead atoms. The fraction of sp³-hybridized carbons (Fsp3) is 0.257. The molecule has 2 heterocycles. The normalized spacial score (nSPS) is 14.7. The molecule has 6 rings (SSSR count). The molecular weight excluding hydrogens is 663 g/mol. The van der Waals surface area contributed by atoms with E-state index in [9.17, 15) is 27.9 Å². The van der Waals surface area contributed by atoms with Gasteiger partial charge < -0.3 is 25.6 Å². The number of fused-ring (bicyclic) bond motifs is 1. The van der Waals surface area contributed by atoms with Crippen LogP contribution < -0.4 is 20.5 Å². The summed E-state index contributed by atoms with van der Waals surface area (Å²) in [6.45, 7) is 1.32. The lowest BCUT2D eigenvalue weighted by atomic mass is 9.87. The maximum Gasteiger partial charge on any atom is 0.251 e. The Hall–Kier alpha value is -5.14. The van der Waals surface area contributed by atoms with Gasteiger partial charge in [0.15, 0.2) is 11.6 Å². The highest BCUT2D eigenvalue weighted by Crippen LogP contribution is 2.45. The monoisotopic (exact) mass is 693 g/mol. The highest BCUT2D eigenvalue weighted by molar-refractivity contribution is 6.33. The van der Waals surface area contributed by atoms with E-state index in [1.165, 1.54) is 42.3 Å². The number of nitrogens with zero attached hydrogens (tertiary/aromatic N) is 3. The van der Waals surface area contributed by atoms with Gasteiger partial charge in [-0.3, -0.25) is 9.59 Å². The molecule has 4 N–H and O–H groups in total. The SMILES string of the molecule is CCOc1c(CC(N)=O)cc([C@@](O)(CNC(=O)c2cc(OC)c3nn(C4(F)CC4)cc3c2)c2ccccc2)nc1-c1ccc(F)c(F)c1Cl.